The normalized spacial score (nSPS) is 27.4. The highest BCUT2D eigenvalue weighted by atomic mass is 33.1. The number of rotatable bonds is 8. The van der Waals surface area contributed by atoms with Gasteiger partial charge in [-0.3, -0.25) is 9.59 Å². The Morgan fingerprint density at radius 3 is 2.48 bits per heavy atom. The van der Waals surface area contributed by atoms with Gasteiger partial charge >= 0.3 is 0 Å². The predicted molar refractivity (Wildman–Crippen MR) is 303 cm³/mol. The third-order valence-electron chi connectivity index (χ3n) is 17.4. The average molecular weight is 1080 g/mol. The van der Waals surface area contributed by atoms with E-state index in [0.29, 0.717) is 79.6 Å². The number of nitrogens with one attached hydrogen (secondary N) is 1. The number of carbonyl (C=O) groups is 2. The van der Waals surface area contributed by atoms with E-state index in [2.05, 4.69) is 41.1 Å². The van der Waals surface area contributed by atoms with Crippen molar-refractivity contribution < 1.29 is 45.0 Å². The fraction of sp³-hybridized carbons (Fsp3) is 0.429. The molecule has 0 radical (unpaired) electrons. The van der Waals surface area contributed by atoms with Crippen LogP contribution in [0.5, 0.6) is 17.2 Å². The number of hydrogen-bond acceptors (Lipinski definition) is 13. The summed E-state index contributed by atoms with van der Waals surface area (Å²) in [6, 6.07) is 24.6. The standard InChI is InChI=1S/C63H71N3O9S2/c64-61(65)51-27-40-5-3-7-55-49(16-22-66-55)58(73)30-52-50(40)28-44(51)36-76-77-37-45-31-62(33-59(45)74,18-15-46(69)11-8-38-10-13-57(72)60(25-38)75-23-17-39-9-12-56(71)53(52)24-39)20-21-63(32-47(70)35-68)19-14-42-26-43(34-67)48-6-2-1-4-41(48)29-54(42)63/h1-2,4,6,9-10,12-16,18-19,22,24-25,27-28,42-43,45,47,52,54,59,61,66-68,70-72,74H,7-8,11,17,20-21,23,26,29-37,64-65H2/b18-15+/t42-,43-,45+,47-,52+,54-,59+,62+,63-/m0/s1. The third-order valence-corrected chi connectivity index (χ3v) is 19.9. The molecule has 1 fully saturated rings. The molecule has 8 bridgehead atoms. The molecular weight excluding hydrogens is 1010 g/mol. The van der Waals surface area contributed by atoms with Gasteiger partial charge in [0.05, 0.1) is 38.0 Å². The average Bonchev–Trinajstić information content (AvgIpc) is 4.10. The number of aromatic amines is 1. The number of ketones is 2. The van der Waals surface area contributed by atoms with E-state index in [-0.39, 0.29) is 85.1 Å². The maximum absolute atomic E-state index is 14.3. The van der Waals surface area contributed by atoms with E-state index in [0.717, 1.165) is 51.9 Å². The van der Waals surface area contributed by atoms with Crippen LogP contribution in [0.4, 0.5) is 0 Å². The first-order valence-corrected chi connectivity index (χ1v) is 29.7. The van der Waals surface area contributed by atoms with Crippen LogP contribution >= 0.6 is 21.6 Å². The fourth-order valence-corrected chi connectivity index (χ4v) is 15.8. The molecule has 10 rings (SSSR count). The Balaban J connectivity index is 0.984. The fourth-order valence-electron chi connectivity index (χ4n) is 13.3. The van der Waals surface area contributed by atoms with Crippen molar-refractivity contribution in [2.24, 2.45) is 40.1 Å². The molecule has 1 aromatic heterocycles. The zero-order valence-electron chi connectivity index (χ0n) is 43.4. The first kappa shape index (κ1) is 54.7. The van der Waals surface area contributed by atoms with Crippen molar-refractivity contribution in [1.29, 1.82) is 0 Å². The van der Waals surface area contributed by atoms with Crippen LogP contribution in [0.15, 0.2) is 109 Å². The van der Waals surface area contributed by atoms with Crippen molar-refractivity contribution in [2.75, 3.05) is 25.6 Å². The summed E-state index contributed by atoms with van der Waals surface area (Å²) in [5.74, 6) is 7.48. The minimum absolute atomic E-state index is 0.0101. The maximum Gasteiger partial charge on any atom is 0.165 e. The molecule has 0 spiro atoms. The smallest absolute Gasteiger partial charge is 0.165 e. The minimum Gasteiger partial charge on any atom is -0.508 e. The SMILES string of the molecule is NC(N)c1cc2c3cc1CSSC[C@H]1C[C@](CC[C@]4(C[C@H](O)CO)C=C[C@H]5C[C@@H](CO)c6ccccc6C[C@@H]54)(/C=C/C(=O)CCc4ccc(O)c(c4)OCCc4ccc(O)c(c4)[C@@H]3CC(=O)c3cc[nH]c3CC#C2)C[C@H]1O. The van der Waals surface area contributed by atoms with Crippen LogP contribution in [0.1, 0.15) is 135 Å². The molecule has 12 nitrogen and oxygen atoms in total. The lowest BCUT2D eigenvalue weighted by Gasteiger charge is -2.41. The van der Waals surface area contributed by atoms with Crippen molar-refractivity contribution in [2.45, 2.75) is 113 Å². The molecule has 14 heteroatoms. The number of phenols is 2. The highest BCUT2D eigenvalue weighted by molar-refractivity contribution is 8.76. The third kappa shape index (κ3) is 12.0. The molecule has 0 saturated heterocycles. The van der Waals surface area contributed by atoms with Gasteiger partial charge in [-0.25, -0.2) is 0 Å². The monoisotopic (exact) mass is 1080 g/mol. The number of aliphatic hydroxyl groups excluding tert-OH is 4. The number of aromatic hydroxyl groups is 2. The molecule has 2 heterocycles. The van der Waals surface area contributed by atoms with Gasteiger partial charge in [-0.05, 0) is 155 Å². The van der Waals surface area contributed by atoms with Crippen molar-refractivity contribution in [3.05, 3.63) is 171 Å². The topological polar surface area (TPSA) is 233 Å². The Kier molecular flexibility index (Phi) is 16.9. The van der Waals surface area contributed by atoms with E-state index in [1.165, 1.54) is 5.56 Å². The van der Waals surface area contributed by atoms with Gasteiger partial charge in [-0.2, -0.15) is 0 Å². The van der Waals surface area contributed by atoms with E-state index in [1.54, 1.807) is 64.2 Å². The number of allylic oxidation sites excluding steroid dienone is 4. The number of phenolic OH excluding ortho intramolecular Hbond substituents is 2. The summed E-state index contributed by atoms with van der Waals surface area (Å²) in [6.45, 7) is -0.124. The molecule has 77 heavy (non-hydrogen) atoms. The van der Waals surface area contributed by atoms with E-state index in [1.807, 2.05) is 42.5 Å². The lowest BCUT2D eigenvalue weighted by molar-refractivity contribution is -0.114. The summed E-state index contributed by atoms with van der Waals surface area (Å²) in [7, 11) is 3.30. The molecule has 5 aliphatic rings. The van der Waals surface area contributed by atoms with Gasteiger partial charge in [0, 0.05) is 77.8 Å². The number of aliphatic hydroxyl groups is 4. The van der Waals surface area contributed by atoms with Crippen molar-refractivity contribution in [1.82, 2.24) is 4.98 Å². The summed E-state index contributed by atoms with van der Waals surface area (Å²) in [4.78, 5) is 31.5. The number of ether oxygens (including phenoxy) is 1. The molecular formula is C63H71N3O9S2. The van der Waals surface area contributed by atoms with Crippen LogP contribution in [-0.2, 0) is 36.2 Å². The van der Waals surface area contributed by atoms with Gasteiger partial charge in [0.1, 0.15) is 5.75 Å². The summed E-state index contributed by atoms with van der Waals surface area (Å²) >= 11 is 0. The van der Waals surface area contributed by atoms with E-state index in [9.17, 15) is 40.2 Å². The molecule has 0 unspecified atom stereocenters. The van der Waals surface area contributed by atoms with Crippen LogP contribution < -0.4 is 16.2 Å². The molecule has 0 amide bonds. The van der Waals surface area contributed by atoms with Crippen LogP contribution in [0.3, 0.4) is 0 Å². The molecule has 404 valence electrons. The van der Waals surface area contributed by atoms with Gasteiger partial charge in [0.2, 0.25) is 0 Å². The number of aromatic nitrogens is 1. The minimum atomic E-state index is -0.938. The molecule has 11 N–H and O–H groups in total. The van der Waals surface area contributed by atoms with Crippen LogP contribution in [0.25, 0.3) is 0 Å². The van der Waals surface area contributed by atoms with E-state index < -0.39 is 35.1 Å². The molecule has 5 aromatic rings. The second-order valence-corrected chi connectivity index (χ2v) is 24.9. The maximum atomic E-state index is 14.3. The van der Waals surface area contributed by atoms with Gasteiger partial charge < -0.3 is 51.8 Å². The highest BCUT2D eigenvalue weighted by Crippen LogP contribution is 2.58. The summed E-state index contributed by atoms with van der Waals surface area (Å²) in [5.41, 5.74) is 20.9. The Hall–Kier alpha value is -5.60. The highest BCUT2D eigenvalue weighted by Gasteiger charge is 2.50. The Morgan fingerprint density at radius 1 is 0.844 bits per heavy atom. The molecule has 1 aliphatic heterocycles. The number of carbonyl (C=O) groups excluding carboxylic acids is 2. The van der Waals surface area contributed by atoms with Crippen LogP contribution in [-0.4, -0.2) is 85.0 Å². The van der Waals surface area contributed by atoms with Crippen LogP contribution in [0.2, 0.25) is 0 Å². The van der Waals surface area contributed by atoms with Gasteiger partial charge in [0.25, 0.3) is 0 Å². The van der Waals surface area contributed by atoms with Crippen LogP contribution in [0, 0.1) is 40.4 Å². The molecule has 4 aliphatic carbocycles. The summed E-state index contributed by atoms with van der Waals surface area (Å²) < 4.78 is 6.20. The van der Waals surface area contributed by atoms with Crippen molar-refractivity contribution in [3.63, 3.8) is 0 Å². The lowest BCUT2D eigenvalue weighted by Crippen LogP contribution is -2.36. The van der Waals surface area contributed by atoms with E-state index in [4.69, 9.17) is 16.2 Å². The van der Waals surface area contributed by atoms with Crippen molar-refractivity contribution >= 4 is 33.2 Å². The first-order valence-electron chi connectivity index (χ1n) is 27.2. The zero-order chi connectivity index (χ0) is 53.8. The second kappa shape index (κ2) is 23.8. The number of Topliss-reactive ketones (excluding diaryl/α,β-unsaturated/α-hetero) is 1. The number of hydrogen-bond donors (Lipinski definition) is 9. The first-order chi connectivity index (χ1) is 37.2. The van der Waals surface area contributed by atoms with Gasteiger partial charge in [0.15, 0.2) is 23.1 Å². The number of H-pyrrole nitrogens is 1. The molecule has 9 atom stereocenters. The predicted octanol–water partition coefficient (Wildman–Crippen LogP) is 9.02. The lowest BCUT2D eigenvalue weighted by atomic mass is 9.64. The molecule has 1 saturated carbocycles. The zero-order valence-corrected chi connectivity index (χ0v) is 45.0. The van der Waals surface area contributed by atoms with E-state index >= 15 is 0 Å². The van der Waals surface area contributed by atoms with Crippen molar-refractivity contribution in [3.8, 4) is 29.1 Å². The van der Waals surface area contributed by atoms with Gasteiger partial charge in [-0.1, -0.05) is 100 Å². The largest absolute Gasteiger partial charge is 0.508 e. The summed E-state index contributed by atoms with van der Waals surface area (Å²) in [6.07, 6.45) is 13.3. The number of benzene rings is 4. The Labute approximate surface area is 459 Å². The number of aryl methyl sites for hydroxylation is 1. The van der Waals surface area contributed by atoms with Gasteiger partial charge in [-0.15, -0.1) is 0 Å². The quantitative estimate of drug-likeness (QED) is 0.0306. The second-order valence-electron chi connectivity index (χ2n) is 22.4. The molecule has 4 aromatic carbocycles. The number of fused-ring (bicyclic) bond motifs is 11. The number of nitrogens with two attached hydrogens (primary N) is 2. The Morgan fingerprint density at radius 2 is 1.66 bits per heavy atom. The summed E-state index contributed by atoms with van der Waals surface area (Å²) in [5, 5.41) is 66.8. The Bertz CT molecular complexity index is 3100.